The number of carbonyl (C=O) groups is 1. The lowest BCUT2D eigenvalue weighted by molar-refractivity contribution is 0.0958. The maximum absolute atomic E-state index is 12.0. The standard InChI is InChI=1S/C23H23N5O/c1-2-12-24-23(29)18-10-11-21(25-14-18)28-13-6-9-19(16-28)22-26-15-20(27-22)17-7-4-3-5-8-17/h1,3-5,7-8,10-11,14-15,19H,6,9,12-13,16H2,(H,24,29)(H,26,27). The smallest absolute Gasteiger partial charge is 0.253 e. The third kappa shape index (κ3) is 4.30. The maximum Gasteiger partial charge on any atom is 0.253 e. The molecule has 0 aliphatic carbocycles. The van der Waals surface area contributed by atoms with Crippen molar-refractivity contribution in [1.29, 1.82) is 0 Å². The topological polar surface area (TPSA) is 73.9 Å². The summed E-state index contributed by atoms with van der Waals surface area (Å²) in [5.41, 5.74) is 2.69. The third-order valence-corrected chi connectivity index (χ3v) is 5.17. The van der Waals surface area contributed by atoms with Crippen molar-refractivity contribution in [3.63, 3.8) is 0 Å². The fourth-order valence-corrected chi connectivity index (χ4v) is 3.66. The molecule has 1 aliphatic heterocycles. The van der Waals surface area contributed by atoms with Gasteiger partial charge in [-0.1, -0.05) is 36.3 Å². The van der Waals surface area contributed by atoms with Crippen LogP contribution in [0.1, 0.15) is 34.9 Å². The number of amides is 1. The fourth-order valence-electron chi connectivity index (χ4n) is 3.66. The van der Waals surface area contributed by atoms with Gasteiger partial charge < -0.3 is 15.2 Å². The first-order valence-corrected chi connectivity index (χ1v) is 9.77. The first-order valence-electron chi connectivity index (χ1n) is 9.77. The molecule has 2 N–H and O–H groups in total. The Bertz CT molecular complexity index is 1000. The second kappa shape index (κ2) is 8.61. The van der Waals surface area contributed by atoms with Crippen LogP contribution in [0.3, 0.4) is 0 Å². The van der Waals surface area contributed by atoms with E-state index in [2.05, 4.69) is 43.2 Å². The van der Waals surface area contributed by atoms with Gasteiger partial charge in [-0.15, -0.1) is 6.42 Å². The molecule has 0 saturated carbocycles. The number of anilines is 1. The Morgan fingerprint density at radius 3 is 2.83 bits per heavy atom. The van der Waals surface area contributed by atoms with E-state index in [0.717, 1.165) is 48.8 Å². The minimum Gasteiger partial charge on any atom is -0.356 e. The van der Waals surface area contributed by atoms with Crippen molar-refractivity contribution in [2.45, 2.75) is 18.8 Å². The summed E-state index contributed by atoms with van der Waals surface area (Å²) in [4.78, 5) is 26.8. The molecule has 29 heavy (non-hydrogen) atoms. The lowest BCUT2D eigenvalue weighted by atomic mass is 9.97. The monoisotopic (exact) mass is 385 g/mol. The van der Waals surface area contributed by atoms with E-state index in [9.17, 15) is 4.79 Å². The van der Waals surface area contributed by atoms with Gasteiger partial charge >= 0.3 is 0 Å². The van der Waals surface area contributed by atoms with Crippen molar-refractivity contribution in [3.8, 4) is 23.6 Å². The Kier molecular flexibility index (Phi) is 5.57. The zero-order valence-corrected chi connectivity index (χ0v) is 16.1. The lowest BCUT2D eigenvalue weighted by Gasteiger charge is -2.32. The highest BCUT2D eigenvalue weighted by molar-refractivity contribution is 5.94. The van der Waals surface area contributed by atoms with Crippen LogP contribution in [0, 0.1) is 12.3 Å². The summed E-state index contributed by atoms with van der Waals surface area (Å²) in [6.07, 6.45) is 10.8. The number of benzene rings is 1. The number of pyridine rings is 1. The number of nitrogens with zero attached hydrogens (tertiary/aromatic N) is 3. The normalized spacial score (nSPS) is 16.2. The summed E-state index contributed by atoms with van der Waals surface area (Å²) in [6.45, 7) is 2.00. The number of aromatic amines is 1. The molecule has 6 nitrogen and oxygen atoms in total. The molecule has 1 atom stereocenters. The number of terminal acetylenes is 1. The maximum atomic E-state index is 12.0. The molecule has 3 aromatic rings. The number of H-pyrrole nitrogens is 1. The molecular formula is C23H23N5O. The van der Waals surface area contributed by atoms with Gasteiger partial charge in [0.25, 0.3) is 5.91 Å². The van der Waals surface area contributed by atoms with E-state index >= 15 is 0 Å². The van der Waals surface area contributed by atoms with Gasteiger partial charge in [-0.2, -0.15) is 0 Å². The van der Waals surface area contributed by atoms with E-state index in [1.165, 1.54) is 0 Å². The molecule has 0 spiro atoms. The SMILES string of the molecule is C#CCNC(=O)c1ccc(N2CCCC(c3ncc(-c4ccccc4)[nH]3)C2)nc1. The number of hydrogen-bond donors (Lipinski definition) is 2. The Balaban J connectivity index is 1.44. The molecule has 6 heteroatoms. The number of carbonyl (C=O) groups excluding carboxylic acids is 1. The van der Waals surface area contributed by atoms with Crippen molar-refractivity contribution in [2.24, 2.45) is 0 Å². The predicted octanol–water partition coefficient (Wildman–Crippen LogP) is 3.22. The Morgan fingerprint density at radius 1 is 1.21 bits per heavy atom. The molecule has 1 amide bonds. The van der Waals surface area contributed by atoms with E-state index < -0.39 is 0 Å². The third-order valence-electron chi connectivity index (χ3n) is 5.17. The van der Waals surface area contributed by atoms with Crippen molar-refractivity contribution in [2.75, 3.05) is 24.5 Å². The van der Waals surface area contributed by atoms with Crippen LogP contribution in [0.4, 0.5) is 5.82 Å². The summed E-state index contributed by atoms with van der Waals surface area (Å²) >= 11 is 0. The van der Waals surface area contributed by atoms with Gasteiger partial charge in [0.1, 0.15) is 11.6 Å². The van der Waals surface area contributed by atoms with E-state index in [0.29, 0.717) is 11.5 Å². The largest absolute Gasteiger partial charge is 0.356 e. The van der Waals surface area contributed by atoms with Crippen molar-refractivity contribution in [3.05, 3.63) is 66.2 Å². The Labute approximate surface area is 170 Å². The fraction of sp³-hybridized carbons (Fsp3) is 0.261. The molecule has 146 valence electrons. The minimum atomic E-state index is -0.206. The summed E-state index contributed by atoms with van der Waals surface area (Å²) < 4.78 is 0. The number of aromatic nitrogens is 3. The van der Waals surface area contributed by atoms with E-state index in [1.54, 1.807) is 12.3 Å². The Hall–Kier alpha value is -3.59. The molecule has 4 rings (SSSR count). The molecule has 3 heterocycles. The van der Waals surface area contributed by atoms with E-state index in [4.69, 9.17) is 6.42 Å². The first-order chi connectivity index (χ1) is 14.2. The first kappa shape index (κ1) is 18.8. The number of nitrogens with one attached hydrogen (secondary N) is 2. The average molecular weight is 385 g/mol. The summed E-state index contributed by atoms with van der Waals surface area (Å²) in [6, 6.07) is 13.9. The molecule has 1 saturated heterocycles. The van der Waals surface area contributed by atoms with Gasteiger partial charge in [0.15, 0.2) is 0 Å². The number of piperidine rings is 1. The quantitative estimate of drug-likeness (QED) is 0.662. The van der Waals surface area contributed by atoms with Crippen molar-refractivity contribution in [1.82, 2.24) is 20.3 Å². The zero-order chi connectivity index (χ0) is 20.1. The minimum absolute atomic E-state index is 0.206. The van der Waals surface area contributed by atoms with Gasteiger partial charge in [0.2, 0.25) is 0 Å². The molecular weight excluding hydrogens is 362 g/mol. The van der Waals surface area contributed by atoms with Crippen LogP contribution in [-0.2, 0) is 0 Å². The van der Waals surface area contributed by atoms with Crippen molar-refractivity contribution >= 4 is 11.7 Å². The summed E-state index contributed by atoms with van der Waals surface area (Å²) in [5, 5.41) is 2.65. The average Bonchev–Trinajstić information content (AvgIpc) is 3.29. The molecule has 1 fully saturated rings. The lowest BCUT2D eigenvalue weighted by Crippen LogP contribution is -2.35. The number of imidazole rings is 1. The van der Waals surface area contributed by atoms with Crippen molar-refractivity contribution < 1.29 is 4.79 Å². The summed E-state index contributed by atoms with van der Waals surface area (Å²) in [7, 11) is 0. The molecule has 1 aromatic carbocycles. The molecule has 0 bridgehead atoms. The van der Waals surface area contributed by atoms with Gasteiger partial charge in [-0.05, 0) is 30.5 Å². The van der Waals surface area contributed by atoms with Gasteiger partial charge in [-0.25, -0.2) is 9.97 Å². The zero-order valence-electron chi connectivity index (χ0n) is 16.1. The molecule has 0 radical (unpaired) electrons. The highest BCUT2D eigenvalue weighted by atomic mass is 16.1. The highest BCUT2D eigenvalue weighted by Crippen LogP contribution is 2.29. The highest BCUT2D eigenvalue weighted by Gasteiger charge is 2.24. The van der Waals surface area contributed by atoms with Crippen LogP contribution in [0.5, 0.6) is 0 Å². The van der Waals surface area contributed by atoms with E-state index in [-0.39, 0.29) is 12.5 Å². The van der Waals surface area contributed by atoms with Crippen LogP contribution in [0.2, 0.25) is 0 Å². The van der Waals surface area contributed by atoms with Crippen LogP contribution in [-0.4, -0.2) is 40.5 Å². The molecule has 1 aliphatic rings. The molecule has 2 aromatic heterocycles. The van der Waals surface area contributed by atoms with Gasteiger partial charge in [0.05, 0.1) is 24.0 Å². The van der Waals surface area contributed by atoms with Gasteiger partial charge in [-0.3, -0.25) is 4.79 Å². The number of hydrogen-bond acceptors (Lipinski definition) is 4. The predicted molar refractivity (Wildman–Crippen MR) is 114 cm³/mol. The Morgan fingerprint density at radius 2 is 2.07 bits per heavy atom. The van der Waals surface area contributed by atoms with Crippen LogP contribution in [0.25, 0.3) is 11.3 Å². The second-order valence-electron chi connectivity index (χ2n) is 7.13. The second-order valence-corrected chi connectivity index (χ2v) is 7.13. The van der Waals surface area contributed by atoms with Crippen LogP contribution < -0.4 is 10.2 Å². The van der Waals surface area contributed by atoms with Crippen LogP contribution >= 0.6 is 0 Å². The van der Waals surface area contributed by atoms with Crippen LogP contribution in [0.15, 0.2) is 54.9 Å². The number of rotatable bonds is 5. The van der Waals surface area contributed by atoms with Gasteiger partial charge in [0, 0.05) is 25.2 Å². The van der Waals surface area contributed by atoms with E-state index in [1.807, 2.05) is 30.5 Å². The molecule has 1 unspecified atom stereocenters. The summed E-state index contributed by atoms with van der Waals surface area (Å²) in [5.74, 6) is 4.40.